The molecule has 5 aromatic rings. The molecule has 0 saturated heterocycles. The highest BCUT2D eigenvalue weighted by atomic mass is 16.5. The third-order valence-electron chi connectivity index (χ3n) is 5.45. The Morgan fingerprint density at radius 2 is 1.76 bits per heavy atom. The van der Waals surface area contributed by atoms with Gasteiger partial charge in [0.25, 0.3) is 11.8 Å². The predicted octanol–water partition coefficient (Wildman–Crippen LogP) is 5.52. The zero-order valence-corrected chi connectivity index (χ0v) is 18.9. The van der Waals surface area contributed by atoms with E-state index in [1.165, 1.54) is 0 Å². The number of carbonyl (C=O) groups is 1. The molecule has 1 amide bonds. The summed E-state index contributed by atoms with van der Waals surface area (Å²) in [4.78, 5) is 21.3. The number of rotatable bonds is 6. The third kappa shape index (κ3) is 4.78. The summed E-state index contributed by atoms with van der Waals surface area (Å²) in [6.45, 7) is 4.64. The van der Waals surface area contributed by atoms with Crippen molar-refractivity contribution in [2.45, 2.75) is 20.4 Å². The van der Waals surface area contributed by atoms with Gasteiger partial charge in [-0.1, -0.05) is 58.7 Å². The van der Waals surface area contributed by atoms with Gasteiger partial charge in [-0.3, -0.25) is 4.79 Å². The topological polar surface area (TPSA) is 85.8 Å². The second kappa shape index (κ2) is 9.15. The smallest absolute Gasteiger partial charge is 0.278 e. The first-order valence-electron chi connectivity index (χ1n) is 10.9. The van der Waals surface area contributed by atoms with E-state index in [9.17, 15) is 4.79 Å². The summed E-state index contributed by atoms with van der Waals surface area (Å²) in [5, 5.41) is 7.01. The first kappa shape index (κ1) is 21.3. The summed E-state index contributed by atoms with van der Waals surface area (Å²) in [7, 11) is 0. The minimum atomic E-state index is -0.128. The molecule has 0 unspecified atom stereocenters. The zero-order valence-electron chi connectivity index (χ0n) is 18.9. The lowest BCUT2D eigenvalue weighted by molar-refractivity contribution is 0.102. The van der Waals surface area contributed by atoms with Crippen molar-refractivity contribution < 1.29 is 9.32 Å². The van der Waals surface area contributed by atoms with Crippen LogP contribution in [-0.2, 0) is 6.54 Å². The van der Waals surface area contributed by atoms with Crippen LogP contribution in [0.1, 0.15) is 27.0 Å². The second-order valence-electron chi connectivity index (χ2n) is 8.24. The van der Waals surface area contributed by atoms with Crippen LogP contribution in [0.5, 0.6) is 0 Å². The molecule has 1 N–H and O–H groups in total. The van der Waals surface area contributed by atoms with Crippen LogP contribution in [0, 0.1) is 13.8 Å². The van der Waals surface area contributed by atoms with Crippen LogP contribution in [0.3, 0.4) is 0 Å². The van der Waals surface area contributed by atoms with Crippen molar-refractivity contribution >= 4 is 11.6 Å². The van der Waals surface area contributed by atoms with Gasteiger partial charge in [-0.05, 0) is 49.7 Å². The van der Waals surface area contributed by atoms with Crippen LogP contribution in [0.25, 0.3) is 23.0 Å². The van der Waals surface area contributed by atoms with E-state index in [-0.39, 0.29) is 5.91 Å². The summed E-state index contributed by atoms with van der Waals surface area (Å²) in [5.74, 6) is 0.789. The number of nitrogens with one attached hydrogen (secondary N) is 1. The highest BCUT2D eigenvalue weighted by molar-refractivity contribution is 6.04. The van der Waals surface area contributed by atoms with Gasteiger partial charge < -0.3 is 14.4 Å². The van der Waals surface area contributed by atoms with E-state index in [4.69, 9.17) is 4.52 Å². The number of anilines is 1. The molecule has 0 fully saturated rings. The fourth-order valence-corrected chi connectivity index (χ4v) is 3.60. The maximum Gasteiger partial charge on any atom is 0.278 e. The summed E-state index contributed by atoms with van der Waals surface area (Å²) in [6, 6.07) is 23.2. The van der Waals surface area contributed by atoms with Crippen molar-refractivity contribution in [1.29, 1.82) is 0 Å². The van der Waals surface area contributed by atoms with E-state index in [0.29, 0.717) is 29.5 Å². The fraction of sp³-hybridized carbons (Fsp3) is 0.111. The molecular weight excluding hydrogens is 426 g/mol. The Hall–Kier alpha value is -4.52. The number of hydrogen-bond donors (Lipinski definition) is 1. The zero-order chi connectivity index (χ0) is 23.5. The maximum atomic E-state index is 12.4. The van der Waals surface area contributed by atoms with Gasteiger partial charge >= 0.3 is 0 Å². The number of hydrogen-bond acceptors (Lipinski definition) is 5. The Labute approximate surface area is 197 Å². The molecule has 0 aliphatic heterocycles. The summed E-state index contributed by atoms with van der Waals surface area (Å²) in [6.07, 6.45) is 3.61. The van der Waals surface area contributed by atoms with E-state index in [1.807, 2.05) is 97.4 Å². The van der Waals surface area contributed by atoms with Crippen LogP contribution in [0.2, 0.25) is 0 Å². The van der Waals surface area contributed by atoms with Gasteiger partial charge in [-0.2, -0.15) is 4.98 Å². The Morgan fingerprint density at radius 3 is 2.53 bits per heavy atom. The lowest BCUT2D eigenvalue weighted by Crippen LogP contribution is -2.11. The van der Waals surface area contributed by atoms with Crippen LogP contribution in [0.15, 0.2) is 89.8 Å². The van der Waals surface area contributed by atoms with Crippen molar-refractivity contribution in [2.75, 3.05) is 5.32 Å². The molecule has 0 atom stereocenters. The molecule has 7 heteroatoms. The molecule has 3 aromatic carbocycles. The standard InChI is InChI=1S/C27H23N5O2/c1-18-6-10-21(11-7-18)26(33)29-23-12-8-20(9-13-23)15-32-16-24(28-17-32)27-30-25(31-34-27)22-5-3-4-19(2)14-22/h3-14,16-17H,15H2,1-2H3,(H,29,33). The fourth-order valence-electron chi connectivity index (χ4n) is 3.60. The summed E-state index contributed by atoms with van der Waals surface area (Å²) >= 11 is 0. The number of amides is 1. The van der Waals surface area contributed by atoms with Gasteiger partial charge in [0.1, 0.15) is 5.69 Å². The number of nitrogens with zero attached hydrogens (tertiary/aromatic N) is 4. The molecule has 34 heavy (non-hydrogen) atoms. The molecule has 0 aliphatic rings. The molecule has 2 heterocycles. The Balaban J connectivity index is 1.23. The quantitative estimate of drug-likeness (QED) is 0.369. The minimum Gasteiger partial charge on any atom is -0.332 e. The number of aryl methyl sites for hydroxylation is 2. The molecule has 0 saturated carbocycles. The largest absolute Gasteiger partial charge is 0.332 e. The first-order chi connectivity index (χ1) is 16.5. The van der Waals surface area contributed by atoms with Crippen LogP contribution >= 0.6 is 0 Å². The van der Waals surface area contributed by atoms with Gasteiger partial charge in [0, 0.05) is 29.6 Å². The lowest BCUT2D eigenvalue weighted by Gasteiger charge is -2.07. The molecule has 0 radical (unpaired) electrons. The number of imidazole rings is 1. The molecule has 2 aromatic heterocycles. The van der Waals surface area contributed by atoms with Gasteiger partial charge in [0.15, 0.2) is 0 Å². The Morgan fingerprint density at radius 1 is 0.971 bits per heavy atom. The number of aromatic nitrogens is 4. The van der Waals surface area contributed by atoms with E-state index < -0.39 is 0 Å². The molecule has 7 nitrogen and oxygen atoms in total. The number of benzene rings is 3. The third-order valence-corrected chi connectivity index (χ3v) is 5.45. The molecule has 5 rings (SSSR count). The van der Waals surface area contributed by atoms with Gasteiger partial charge in [0.05, 0.1) is 6.33 Å². The van der Waals surface area contributed by atoms with E-state index in [0.717, 1.165) is 27.9 Å². The van der Waals surface area contributed by atoms with Gasteiger partial charge in [-0.25, -0.2) is 4.98 Å². The van der Waals surface area contributed by atoms with Crippen molar-refractivity contribution in [1.82, 2.24) is 19.7 Å². The maximum absolute atomic E-state index is 12.4. The molecule has 0 spiro atoms. The van der Waals surface area contributed by atoms with Gasteiger partial charge in [0.2, 0.25) is 5.82 Å². The number of carbonyl (C=O) groups excluding carboxylic acids is 1. The summed E-state index contributed by atoms with van der Waals surface area (Å²) < 4.78 is 7.38. The van der Waals surface area contributed by atoms with E-state index in [2.05, 4.69) is 20.4 Å². The normalized spacial score (nSPS) is 10.9. The van der Waals surface area contributed by atoms with Crippen LogP contribution < -0.4 is 5.32 Å². The predicted molar refractivity (Wildman–Crippen MR) is 130 cm³/mol. The Bertz CT molecular complexity index is 1430. The first-order valence-corrected chi connectivity index (χ1v) is 10.9. The molecular formula is C27H23N5O2. The second-order valence-corrected chi connectivity index (χ2v) is 8.24. The van der Waals surface area contributed by atoms with Gasteiger partial charge in [-0.15, -0.1) is 0 Å². The average Bonchev–Trinajstić information content (AvgIpc) is 3.51. The van der Waals surface area contributed by atoms with Crippen LogP contribution in [0.4, 0.5) is 5.69 Å². The highest BCUT2D eigenvalue weighted by Crippen LogP contribution is 2.22. The average molecular weight is 450 g/mol. The highest BCUT2D eigenvalue weighted by Gasteiger charge is 2.13. The molecule has 0 aliphatic carbocycles. The molecule has 168 valence electrons. The van der Waals surface area contributed by atoms with Crippen molar-refractivity contribution in [3.8, 4) is 23.0 Å². The summed E-state index contributed by atoms with van der Waals surface area (Å²) in [5.41, 5.74) is 6.23. The van der Waals surface area contributed by atoms with Crippen molar-refractivity contribution in [3.63, 3.8) is 0 Å². The Kier molecular flexibility index (Phi) is 5.74. The van der Waals surface area contributed by atoms with Crippen LogP contribution in [-0.4, -0.2) is 25.6 Å². The van der Waals surface area contributed by atoms with Crippen molar-refractivity contribution in [3.05, 3.63) is 108 Å². The van der Waals surface area contributed by atoms with E-state index >= 15 is 0 Å². The molecule has 0 bridgehead atoms. The van der Waals surface area contributed by atoms with E-state index in [1.54, 1.807) is 6.33 Å². The lowest BCUT2D eigenvalue weighted by atomic mass is 10.1. The monoisotopic (exact) mass is 449 g/mol. The SMILES string of the molecule is Cc1ccc(C(=O)Nc2ccc(Cn3cnc(-c4nc(-c5cccc(C)c5)no4)c3)cc2)cc1. The minimum absolute atomic E-state index is 0.128. The van der Waals surface area contributed by atoms with Crippen molar-refractivity contribution in [2.24, 2.45) is 0 Å².